The van der Waals surface area contributed by atoms with Gasteiger partial charge in [0.1, 0.15) is 0 Å². The highest BCUT2D eigenvalue weighted by atomic mass is 15.2. The number of para-hydroxylation sites is 3. The van der Waals surface area contributed by atoms with Gasteiger partial charge < -0.3 is 9.47 Å². The summed E-state index contributed by atoms with van der Waals surface area (Å²) >= 11 is 0. The molecule has 11 aromatic rings. The van der Waals surface area contributed by atoms with E-state index in [1.807, 2.05) is 24.3 Å². The highest BCUT2D eigenvalue weighted by molar-refractivity contribution is 6.13. The maximum atomic E-state index is 5.24. The minimum absolute atomic E-state index is 0.137. The summed E-state index contributed by atoms with van der Waals surface area (Å²) < 4.78 is 2.50. The van der Waals surface area contributed by atoms with E-state index in [9.17, 15) is 0 Å². The third-order valence-electron chi connectivity index (χ3n) is 13.8. The van der Waals surface area contributed by atoms with Gasteiger partial charge in [-0.3, -0.25) is 0 Å². The van der Waals surface area contributed by atoms with Crippen molar-refractivity contribution in [3.8, 4) is 84.5 Å². The van der Waals surface area contributed by atoms with Crippen LogP contribution in [0, 0.1) is 0 Å². The SMILES string of the molecule is CC1(C)c2ccccc2-c2ccc(-n3c4c(c5ccccc53)-c3ccccc3N(c3cccc(-c5nc(-c6ccccc6)nc(-c6cccc(-c7ccccc7)c6)n5)c3)c3ccccc3-4)cc21. The van der Waals surface area contributed by atoms with Crippen molar-refractivity contribution in [3.05, 3.63) is 236 Å². The van der Waals surface area contributed by atoms with Crippen LogP contribution in [0.2, 0.25) is 0 Å². The van der Waals surface area contributed by atoms with Crippen LogP contribution in [0.5, 0.6) is 0 Å². The summed E-state index contributed by atoms with van der Waals surface area (Å²) in [6.07, 6.45) is 0. The fourth-order valence-electron chi connectivity index (χ4n) is 10.6. The third-order valence-corrected chi connectivity index (χ3v) is 13.8. The van der Waals surface area contributed by atoms with Crippen LogP contribution < -0.4 is 4.90 Å². The Hall–Kier alpha value is -8.67. The maximum Gasteiger partial charge on any atom is 0.164 e. The van der Waals surface area contributed by atoms with E-state index in [0.29, 0.717) is 17.5 Å². The third kappa shape index (κ3) is 6.19. The van der Waals surface area contributed by atoms with E-state index in [1.165, 1.54) is 44.4 Å². The number of nitrogens with zero attached hydrogens (tertiary/aromatic N) is 5. The van der Waals surface area contributed by atoms with Crippen LogP contribution in [0.3, 0.4) is 0 Å². The highest BCUT2D eigenvalue weighted by Gasteiger charge is 2.37. The van der Waals surface area contributed by atoms with Gasteiger partial charge in [0, 0.05) is 55.6 Å². The normalized spacial score (nSPS) is 13.0. The van der Waals surface area contributed by atoms with Gasteiger partial charge in [0.2, 0.25) is 0 Å². The first kappa shape index (κ1) is 38.8. The Labute approximate surface area is 390 Å². The Morgan fingerprint density at radius 2 is 0.896 bits per heavy atom. The molecule has 0 unspecified atom stereocenters. The molecule has 0 amide bonds. The molecule has 0 bridgehead atoms. The van der Waals surface area contributed by atoms with E-state index in [-0.39, 0.29) is 5.41 Å². The Morgan fingerprint density at radius 3 is 1.66 bits per heavy atom. The van der Waals surface area contributed by atoms with Crippen molar-refractivity contribution in [1.29, 1.82) is 0 Å². The molecule has 5 nitrogen and oxygen atoms in total. The Bertz CT molecular complexity index is 3740. The van der Waals surface area contributed by atoms with E-state index in [1.54, 1.807) is 0 Å². The van der Waals surface area contributed by atoms with Crippen molar-refractivity contribution in [3.63, 3.8) is 0 Å². The largest absolute Gasteiger partial charge is 0.309 e. The molecule has 316 valence electrons. The molecule has 0 saturated heterocycles. The Morgan fingerprint density at radius 1 is 0.358 bits per heavy atom. The van der Waals surface area contributed by atoms with Crippen LogP contribution >= 0.6 is 0 Å². The van der Waals surface area contributed by atoms with E-state index >= 15 is 0 Å². The topological polar surface area (TPSA) is 46.8 Å². The molecular formula is C62H43N5. The molecule has 9 aromatic carbocycles. The average molecular weight is 858 g/mol. The van der Waals surface area contributed by atoms with Crippen LogP contribution in [0.1, 0.15) is 25.0 Å². The lowest BCUT2D eigenvalue weighted by atomic mass is 9.82. The standard InChI is InChI=1S/C62H43N5/c1-62(2)52-31-13-9-27-47(52)48-36-35-46(39-53(48)62)67-55-33-15-11-29-50(55)57-49-28-10-14-32-54(49)66(56-34-16-12-30-51(56)58(57)67)45-26-18-25-44(38-45)61-64-59(41-21-7-4-8-22-41)63-60(65-61)43-24-17-23-42(37-43)40-19-5-3-6-20-40/h3-39H,1-2H3. The molecular weight excluding hydrogens is 815 g/mol. The number of anilines is 3. The molecule has 0 atom stereocenters. The minimum atomic E-state index is -0.137. The summed E-state index contributed by atoms with van der Waals surface area (Å²) in [6, 6.07) is 80.3. The zero-order valence-corrected chi connectivity index (χ0v) is 37.1. The van der Waals surface area contributed by atoms with Crippen molar-refractivity contribution in [2.45, 2.75) is 19.3 Å². The lowest BCUT2D eigenvalue weighted by Crippen LogP contribution is -2.15. The number of hydrogen-bond acceptors (Lipinski definition) is 4. The van der Waals surface area contributed by atoms with Gasteiger partial charge in [-0.15, -0.1) is 0 Å². The molecule has 2 aromatic heterocycles. The number of benzene rings is 9. The summed E-state index contributed by atoms with van der Waals surface area (Å²) in [5, 5.41) is 1.21. The van der Waals surface area contributed by atoms with Gasteiger partial charge in [0.05, 0.1) is 22.6 Å². The number of hydrogen-bond donors (Lipinski definition) is 0. The van der Waals surface area contributed by atoms with E-state index < -0.39 is 0 Å². The summed E-state index contributed by atoms with van der Waals surface area (Å²) in [5.74, 6) is 1.85. The summed E-state index contributed by atoms with van der Waals surface area (Å²) in [4.78, 5) is 17.9. The molecule has 0 saturated carbocycles. The molecule has 5 heteroatoms. The quantitative estimate of drug-likeness (QED) is 0.167. The van der Waals surface area contributed by atoms with Gasteiger partial charge in [-0.25, -0.2) is 15.0 Å². The van der Waals surface area contributed by atoms with Gasteiger partial charge in [0.15, 0.2) is 17.5 Å². The molecule has 13 rings (SSSR count). The second-order valence-corrected chi connectivity index (χ2v) is 18.0. The summed E-state index contributed by atoms with van der Waals surface area (Å²) in [6.45, 7) is 4.72. The summed E-state index contributed by atoms with van der Waals surface area (Å²) in [7, 11) is 0. The van der Waals surface area contributed by atoms with Crippen molar-refractivity contribution < 1.29 is 0 Å². The van der Waals surface area contributed by atoms with Gasteiger partial charge in [-0.2, -0.15) is 0 Å². The van der Waals surface area contributed by atoms with E-state index in [2.05, 4.69) is 224 Å². The van der Waals surface area contributed by atoms with Crippen molar-refractivity contribution in [2.24, 2.45) is 0 Å². The van der Waals surface area contributed by atoms with Crippen LogP contribution in [-0.2, 0) is 5.41 Å². The molecule has 3 heterocycles. The van der Waals surface area contributed by atoms with Gasteiger partial charge >= 0.3 is 0 Å². The Balaban J connectivity index is 0.996. The lowest BCUT2D eigenvalue weighted by Gasteiger charge is -2.28. The highest BCUT2D eigenvalue weighted by Crippen LogP contribution is 2.55. The zero-order valence-electron chi connectivity index (χ0n) is 37.1. The number of fused-ring (bicyclic) bond motifs is 10. The zero-order chi connectivity index (χ0) is 44.6. The first-order valence-corrected chi connectivity index (χ1v) is 22.9. The second-order valence-electron chi connectivity index (χ2n) is 18.0. The van der Waals surface area contributed by atoms with Crippen molar-refractivity contribution in [1.82, 2.24) is 19.5 Å². The van der Waals surface area contributed by atoms with Crippen molar-refractivity contribution in [2.75, 3.05) is 4.90 Å². The molecule has 0 fully saturated rings. The van der Waals surface area contributed by atoms with E-state index in [0.717, 1.165) is 61.7 Å². The monoisotopic (exact) mass is 857 g/mol. The maximum absolute atomic E-state index is 5.24. The minimum Gasteiger partial charge on any atom is -0.309 e. The molecule has 1 aliphatic carbocycles. The van der Waals surface area contributed by atoms with Crippen molar-refractivity contribution >= 4 is 28.0 Å². The molecule has 0 spiro atoms. The van der Waals surface area contributed by atoms with Crippen LogP contribution in [0.15, 0.2) is 224 Å². The first-order valence-electron chi connectivity index (χ1n) is 22.9. The smallest absolute Gasteiger partial charge is 0.164 e. The van der Waals surface area contributed by atoms with Crippen LogP contribution in [0.25, 0.3) is 95.4 Å². The molecule has 2 aliphatic rings. The molecule has 0 radical (unpaired) electrons. The van der Waals surface area contributed by atoms with Gasteiger partial charge in [0.25, 0.3) is 0 Å². The second kappa shape index (κ2) is 15.2. The van der Waals surface area contributed by atoms with E-state index in [4.69, 9.17) is 15.0 Å². The van der Waals surface area contributed by atoms with Crippen LogP contribution in [-0.4, -0.2) is 19.5 Å². The van der Waals surface area contributed by atoms with Gasteiger partial charge in [-0.1, -0.05) is 190 Å². The number of aromatic nitrogens is 4. The fourth-order valence-corrected chi connectivity index (χ4v) is 10.6. The summed E-state index contributed by atoms with van der Waals surface area (Å²) in [5.41, 5.74) is 20.4. The average Bonchev–Trinajstić information content (AvgIpc) is 3.80. The number of rotatable bonds is 6. The molecule has 0 N–H and O–H groups in total. The van der Waals surface area contributed by atoms with Gasteiger partial charge in [-0.05, 0) is 81.9 Å². The first-order chi connectivity index (χ1) is 33.0. The van der Waals surface area contributed by atoms with Crippen LogP contribution in [0.4, 0.5) is 17.1 Å². The molecule has 67 heavy (non-hydrogen) atoms. The lowest BCUT2D eigenvalue weighted by molar-refractivity contribution is 0.660. The fraction of sp³-hybridized carbons (Fsp3) is 0.0484. The molecule has 1 aliphatic heterocycles. The predicted octanol–water partition coefficient (Wildman–Crippen LogP) is 15.9. The Kier molecular flexibility index (Phi) is 8.80. The predicted molar refractivity (Wildman–Crippen MR) is 275 cm³/mol.